The summed E-state index contributed by atoms with van der Waals surface area (Å²) >= 11 is 0. The van der Waals surface area contributed by atoms with E-state index in [1.165, 1.54) is 17.7 Å². The number of carbonyl (C=O) groups excluding carboxylic acids is 3. The summed E-state index contributed by atoms with van der Waals surface area (Å²) in [6, 6.07) is 11.8. The fraction of sp³-hybridized carbons (Fsp3) is 0.348. The van der Waals surface area contributed by atoms with E-state index in [1.54, 1.807) is 4.90 Å². The van der Waals surface area contributed by atoms with Crippen molar-refractivity contribution < 1.29 is 19.3 Å². The Labute approximate surface area is 190 Å². The van der Waals surface area contributed by atoms with Crippen LogP contribution in [0.3, 0.4) is 0 Å². The predicted molar refractivity (Wildman–Crippen MR) is 121 cm³/mol. The van der Waals surface area contributed by atoms with E-state index in [-0.39, 0.29) is 29.4 Å². The number of rotatable bonds is 6. The molecule has 0 bridgehead atoms. The molecule has 2 aromatic rings. The van der Waals surface area contributed by atoms with E-state index in [0.29, 0.717) is 26.1 Å². The summed E-state index contributed by atoms with van der Waals surface area (Å²) in [4.78, 5) is 52.9. The van der Waals surface area contributed by atoms with Crippen molar-refractivity contribution in [1.29, 1.82) is 0 Å². The molecule has 1 N–H and O–H groups in total. The van der Waals surface area contributed by atoms with Crippen molar-refractivity contribution in [2.24, 2.45) is 0 Å². The third-order valence-electron chi connectivity index (χ3n) is 5.93. The fourth-order valence-corrected chi connectivity index (χ4v) is 4.13. The molecule has 33 heavy (non-hydrogen) atoms. The normalized spacial score (nSPS) is 15.6. The molecule has 2 aliphatic rings. The van der Waals surface area contributed by atoms with Crippen LogP contribution in [-0.2, 0) is 0 Å². The number of anilines is 1. The van der Waals surface area contributed by atoms with Crippen molar-refractivity contribution >= 4 is 29.2 Å². The Morgan fingerprint density at radius 2 is 1.76 bits per heavy atom. The second-order valence-electron chi connectivity index (χ2n) is 8.15. The van der Waals surface area contributed by atoms with E-state index >= 15 is 0 Å². The molecular formula is C23H25N5O5. The first-order valence-electron chi connectivity index (χ1n) is 10.8. The van der Waals surface area contributed by atoms with Gasteiger partial charge in [-0.25, -0.2) is 4.79 Å². The maximum atomic E-state index is 12.5. The highest BCUT2D eigenvalue weighted by Crippen LogP contribution is 2.26. The first-order valence-corrected chi connectivity index (χ1v) is 10.8. The number of piperazine rings is 1. The molecule has 4 rings (SSSR count). The van der Waals surface area contributed by atoms with Gasteiger partial charge in [0.15, 0.2) is 0 Å². The lowest BCUT2D eigenvalue weighted by molar-refractivity contribution is -0.384. The number of carbonyl (C=O) groups is 3. The second-order valence-corrected chi connectivity index (χ2v) is 8.15. The van der Waals surface area contributed by atoms with Gasteiger partial charge in [-0.1, -0.05) is 12.1 Å². The lowest BCUT2D eigenvalue weighted by Gasteiger charge is -2.36. The first-order chi connectivity index (χ1) is 15.8. The minimum absolute atomic E-state index is 0.0460. The van der Waals surface area contributed by atoms with Crippen LogP contribution in [0.5, 0.6) is 0 Å². The summed E-state index contributed by atoms with van der Waals surface area (Å²) in [6.07, 6.45) is 0.391. The Morgan fingerprint density at radius 3 is 2.45 bits per heavy atom. The van der Waals surface area contributed by atoms with E-state index in [1.807, 2.05) is 6.07 Å². The van der Waals surface area contributed by atoms with E-state index < -0.39 is 16.7 Å². The number of benzene rings is 2. The van der Waals surface area contributed by atoms with Gasteiger partial charge < -0.3 is 15.1 Å². The fourth-order valence-electron chi connectivity index (χ4n) is 4.13. The molecule has 4 amide bonds. The zero-order valence-electron chi connectivity index (χ0n) is 18.3. The zero-order chi connectivity index (χ0) is 23.5. The van der Waals surface area contributed by atoms with Crippen molar-refractivity contribution in [3.05, 3.63) is 69.3 Å². The Hall–Kier alpha value is -3.95. The molecule has 2 heterocycles. The van der Waals surface area contributed by atoms with Crippen LogP contribution in [-0.4, -0.2) is 71.8 Å². The summed E-state index contributed by atoms with van der Waals surface area (Å²) in [5.41, 5.74) is 2.34. The monoisotopic (exact) mass is 451 g/mol. The number of nitrogens with one attached hydrogen (secondary N) is 1. The smallest absolute Gasteiger partial charge is 0.317 e. The third-order valence-corrected chi connectivity index (χ3v) is 5.93. The number of nitrogens with zero attached hydrogens (tertiary/aromatic N) is 4. The molecule has 2 aliphatic heterocycles. The quantitative estimate of drug-likeness (QED) is 0.312. The zero-order valence-corrected chi connectivity index (χ0v) is 18.3. The molecule has 0 unspecified atom stereocenters. The van der Waals surface area contributed by atoms with Crippen molar-refractivity contribution in [3.63, 3.8) is 0 Å². The lowest BCUT2D eigenvalue weighted by atomic mass is 10.1. The lowest BCUT2D eigenvalue weighted by Crippen LogP contribution is -2.52. The molecule has 0 aromatic heterocycles. The Kier molecular flexibility index (Phi) is 6.25. The van der Waals surface area contributed by atoms with Gasteiger partial charge in [0.1, 0.15) is 0 Å². The highest BCUT2D eigenvalue weighted by atomic mass is 16.6. The molecule has 1 saturated heterocycles. The van der Waals surface area contributed by atoms with Gasteiger partial charge in [-0.3, -0.25) is 24.6 Å². The molecule has 0 atom stereocenters. The number of imide groups is 1. The van der Waals surface area contributed by atoms with Gasteiger partial charge >= 0.3 is 6.03 Å². The van der Waals surface area contributed by atoms with Crippen LogP contribution in [0.4, 0.5) is 16.2 Å². The Balaban J connectivity index is 1.22. The molecule has 10 nitrogen and oxygen atoms in total. The average molecular weight is 451 g/mol. The van der Waals surface area contributed by atoms with Crippen LogP contribution in [0.1, 0.15) is 32.7 Å². The number of fused-ring (bicyclic) bond motifs is 1. The summed E-state index contributed by atoms with van der Waals surface area (Å²) in [6.45, 7) is 5.20. The highest BCUT2D eigenvalue weighted by Gasteiger charge is 2.36. The molecule has 2 aromatic carbocycles. The number of hydrogen-bond donors (Lipinski definition) is 1. The first kappa shape index (κ1) is 22.3. The van der Waals surface area contributed by atoms with E-state index in [9.17, 15) is 24.5 Å². The number of aryl methyl sites for hydroxylation is 1. The number of non-ortho nitro benzene ring substituents is 1. The molecule has 1 fully saturated rings. The number of urea groups is 1. The summed E-state index contributed by atoms with van der Waals surface area (Å²) in [5, 5.41) is 13.8. The summed E-state index contributed by atoms with van der Waals surface area (Å²) in [7, 11) is 0. The Bertz CT molecular complexity index is 1110. The maximum absolute atomic E-state index is 12.5. The van der Waals surface area contributed by atoms with Crippen LogP contribution >= 0.6 is 0 Å². The van der Waals surface area contributed by atoms with Gasteiger partial charge in [0.25, 0.3) is 17.5 Å². The van der Waals surface area contributed by atoms with Gasteiger partial charge in [-0.05, 0) is 37.1 Å². The van der Waals surface area contributed by atoms with Crippen molar-refractivity contribution in [2.45, 2.75) is 13.3 Å². The standard InChI is InChI=1S/C23H25N5O5/c1-16-4-2-5-17(14-16)25-10-12-26(13-11-25)23(31)24-8-3-9-27-21(29)19-7-6-18(28(32)33)15-20(19)22(27)30/h2,4-7,14-15H,3,8-13H2,1H3,(H,24,31). The van der Waals surface area contributed by atoms with Gasteiger partial charge in [0.05, 0.1) is 16.1 Å². The molecule has 0 aliphatic carbocycles. The molecule has 0 radical (unpaired) electrons. The SMILES string of the molecule is Cc1cccc(N2CCN(C(=O)NCCCN3C(=O)c4ccc([N+](=O)[O-])cc4C3=O)CC2)c1. The minimum Gasteiger partial charge on any atom is -0.368 e. The summed E-state index contributed by atoms with van der Waals surface area (Å²) in [5.74, 6) is -1.01. The van der Waals surface area contributed by atoms with Gasteiger partial charge in [-0.2, -0.15) is 0 Å². The van der Waals surface area contributed by atoms with E-state index in [2.05, 4.69) is 35.3 Å². The van der Waals surface area contributed by atoms with E-state index in [4.69, 9.17) is 0 Å². The van der Waals surface area contributed by atoms with Gasteiger partial charge in [-0.15, -0.1) is 0 Å². The second kappa shape index (κ2) is 9.27. The topological polar surface area (TPSA) is 116 Å². The molecule has 0 spiro atoms. The molecule has 172 valence electrons. The number of nitro groups is 1. The largest absolute Gasteiger partial charge is 0.368 e. The summed E-state index contributed by atoms with van der Waals surface area (Å²) < 4.78 is 0. The minimum atomic E-state index is -0.600. The number of nitro benzene ring substituents is 1. The predicted octanol–water partition coefficient (Wildman–Crippen LogP) is 2.42. The maximum Gasteiger partial charge on any atom is 0.317 e. The van der Waals surface area contributed by atoms with Crippen LogP contribution in [0.2, 0.25) is 0 Å². The third kappa shape index (κ3) is 4.64. The van der Waals surface area contributed by atoms with Gasteiger partial charge in [0, 0.05) is 57.1 Å². The molecule has 10 heteroatoms. The number of hydrogen-bond acceptors (Lipinski definition) is 6. The van der Waals surface area contributed by atoms with Crippen molar-refractivity contribution in [3.8, 4) is 0 Å². The molecule has 0 saturated carbocycles. The molecular weight excluding hydrogens is 426 g/mol. The average Bonchev–Trinajstić information content (AvgIpc) is 3.06. The van der Waals surface area contributed by atoms with Crippen LogP contribution in [0, 0.1) is 17.0 Å². The van der Waals surface area contributed by atoms with Crippen LogP contribution in [0.25, 0.3) is 0 Å². The highest BCUT2D eigenvalue weighted by molar-refractivity contribution is 6.21. The van der Waals surface area contributed by atoms with Crippen molar-refractivity contribution in [1.82, 2.24) is 15.1 Å². The van der Waals surface area contributed by atoms with Gasteiger partial charge in [0.2, 0.25) is 0 Å². The van der Waals surface area contributed by atoms with Crippen LogP contribution < -0.4 is 10.2 Å². The number of amides is 4. The van der Waals surface area contributed by atoms with Crippen molar-refractivity contribution in [2.75, 3.05) is 44.2 Å². The Morgan fingerprint density at radius 1 is 1.03 bits per heavy atom. The van der Waals surface area contributed by atoms with Crippen LogP contribution in [0.15, 0.2) is 42.5 Å². The van der Waals surface area contributed by atoms with E-state index in [0.717, 1.165) is 29.7 Å².